The zero-order valence-electron chi connectivity index (χ0n) is 14.2. The highest BCUT2D eigenvalue weighted by Crippen LogP contribution is 2.25. The smallest absolute Gasteiger partial charge is 0.258 e. The molecule has 0 saturated heterocycles. The Balaban J connectivity index is 1.51. The summed E-state index contributed by atoms with van der Waals surface area (Å²) in [5.74, 6) is 0.907. The van der Waals surface area contributed by atoms with E-state index in [4.69, 9.17) is 5.73 Å². The van der Waals surface area contributed by atoms with Crippen molar-refractivity contribution in [2.75, 3.05) is 11.1 Å². The van der Waals surface area contributed by atoms with Crippen molar-refractivity contribution < 1.29 is 4.79 Å². The Labute approximate surface area is 159 Å². The van der Waals surface area contributed by atoms with Crippen LogP contribution in [0.2, 0.25) is 0 Å². The third kappa shape index (κ3) is 3.90. The molecule has 0 radical (unpaired) electrons. The van der Waals surface area contributed by atoms with Gasteiger partial charge in [-0.3, -0.25) is 9.89 Å². The number of nitrogens with two attached hydrogens (primary N) is 1. The summed E-state index contributed by atoms with van der Waals surface area (Å²) in [6.07, 6.45) is 5.09. The molecule has 0 fully saturated rings. The van der Waals surface area contributed by atoms with Crippen LogP contribution in [0.25, 0.3) is 10.9 Å². The van der Waals surface area contributed by atoms with Crippen molar-refractivity contribution in [3.63, 3.8) is 0 Å². The van der Waals surface area contributed by atoms with E-state index in [1.54, 1.807) is 30.7 Å². The van der Waals surface area contributed by atoms with E-state index in [1.807, 2.05) is 30.3 Å². The van der Waals surface area contributed by atoms with E-state index in [-0.39, 0.29) is 5.91 Å². The van der Waals surface area contributed by atoms with Gasteiger partial charge in [-0.2, -0.15) is 5.10 Å². The van der Waals surface area contributed by atoms with Crippen molar-refractivity contribution >= 4 is 40.1 Å². The van der Waals surface area contributed by atoms with Gasteiger partial charge < -0.3 is 11.1 Å². The number of rotatable bonds is 5. The van der Waals surface area contributed by atoms with E-state index >= 15 is 0 Å². The Hall–Kier alpha value is -3.39. The van der Waals surface area contributed by atoms with Gasteiger partial charge in [0, 0.05) is 29.2 Å². The number of nitrogens with one attached hydrogen (secondary N) is 2. The molecule has 4 N–H and O–H groups in total. The second-order valence-corrected chi connectivity index (χ2v) is 6.82. The Morgan fingerprint density at radius 3 is 2.96 bits per heavy atom. The molecule has 8 heteroatoms. The van der Waals surface area contributed by atoms with Gasteiger partial charge in [-0.1, -0.05) is 0 Å². The van der Waals surface area contributed by atoms with E-state index in [2.05, 4.69) is 25.5 Å². The maximum absolute atomic E-state index is 12.8. The second kappa shape index (κ2) is 7.46. The van der Waals surface area contributed by atoms with Crippen LogP contribution < -0.4 is 11.1 Å². The van der Waals surface area contributed by atoms with Crippen molar-refractivity contribution in [3.8, 4) is 0 Å². The van der Waals surface area contributed by atoms with Crippen LogP contribution in [-0.2, 0) is 5.75 Å². The summed E-state index contributed by atoms with van der Waals surface area (Å²) in [5, 5.41) is 11.4. The number of fused-ring (bicyclic) bond motifs is 1. The van der Waals surface area contributed by atoms with Gasteiger partial charge in [-0.25, -0.2) is 9.97 Å². The van der Waals surface area contributed by atoms with Crippen LogP contribution in [0.5, 0.6) is 0 Å². The summed E-state index contributed by atoms with van der Waals surface area (Å²) in [4.78, 5) is 21.1. The molecule has 0 aliphatic heterocycles. The molecule has 0 unspecified atom stereocenters. The summed E-state index contributed by atoms with van der Waals surface area (Å²) in [5.41, 5.74) is 8.82. The SMILES string of the molecule is Nc1cc(CSc2ncccc2C(=O)Nc2ccc3cn[nH]c3c2)ccn1. The van der Waals surface area contributed by atoms with E-state index in [0.29, 0.717) is 27.8 Å². The lowest BCUT2D eigenvalue weighted by Gasteiger charge is -2.09. The number of hydrogen-bond donors (Lipinski definition) is 3. The molecule has 0 aliphatic carbocycles. The molecule has 1 aromatic carbocycles. The lowest BCUT2D eigenvalue weighted by molar-refractivity contribution is 0.102. The van der Waals surface area contributed by atoms with Gasteiger partial charge in [0.25, 0.3) is 5.91 Å². The summed E-state index contributed by atoms with van der Waals surface area (Å²) in [6.45, 7) is 0. The van der Waals surface area contributed by atoms with Crippen LogP contribution in [-0.4, -0.2) is 26.1 Å². The molecule has 0 atom stereocenters. The van der Waals surface area contributed by atoms with Gasteiger partial charge >= 0.3 is 0 Å². The molecule has 3 heterocycles. The Kier molecular flexibility index (Phi) is 4.71. The first kappa shape index (κ1) is 17.0. The lowest BCUT2D eigenvalue weighted by atomic mass is 10.2. The fraction of sp³-hybridized carbons (Fsp3) is 0.0526. The van der Waals surface area contributed by atoms with Crippen LogP contribution in [0.3, 0.4) is 0 Å². The van der Waals surface area contributed by atoms with Crippen molar-refractivity contribution in [2.45, 2.75) is 10.8 Å². The van der Waals surface area contributed by atoms with Crippen LogP contribution >= 0.6 is 11.8 Å². The minimum atomic E-state index is -0.210. The standard InChI is InChI=1S/C19H16N6OS/c20-17-8-12(5-7-21-17)11-27-19-15(2-1-6-22-19)18(26)24-14-4-3-13-10-23-25-16(13)9-14/h1-10H,11H2,(H2,20,21)(H,23,25)(H,24,26). The van der Waals surface area contributed by atoms with Crippen LogP contribution in [0, 0.1) is 0 Å². The monoisotopic (exact) mass is 376 g/mol. The summed E-state index contributed by atoms with van der Waals surface area (Å²) >= 11 is 1.48. The number of carbonyl (C=O) groups excluding carboxylic acids is 1. The van der Waals surface area contributed by atoms with Gasteiger partial charge in [0.2, 0.25) is 0 Å². The highest BCUT2D eigenvalue weighted by atomic mass is 32.2. The third-order valence-corrected chi connectivity index (χ3v) is 5.01. The molecule has 7 nitrogen and oxygen atoms in total. The number of benzene rings is 1. The van der Waals surface area contributed by atoms with E-state index < -0.39 is 0 Å². The molecule has 27 heavy (non-hydrogen) atoms. The maximum atomic E-state index is 12.8. The predicted octanol–water partition coefficient (Wildman–Crippen LogP) is 3.48. The number of H-pyrrole nitrogens is 1. The van der Waals surface area contributed by atoms with Gasteiger partial charge in [0.15, 0.2) is 0 Å². The highest BCUT2D eigenvalue weighted by molar-refractivity contribution is 7.98. The minimum Gasteiger partial charge on any atom is -0.384 e. The number of nitrogen functional groups attached to an aromatic ring is 1. The molecule has 0 spiro atoms. The summed E-state index contributed by atoms with van der Waals surface area (Å²) in [6, 6.07) is 12.8. The number of thioether (sulfide) groups is 1. The molecule has 0 aliphatic rings. The number of anilines is 2. The number of pyridine rings is 2. The molecule has 1 amide bonds. The van der Waals surface area contributed by atoms with Gasteiger partial charge in [0.05, 0.1) is 17.3 Å². The van der Waals surface area contributed by atoms with Gasteiger partial charge in [0.1, 0.15) is 10.8 Å². The van der Waals surface area contributed by atoms with Crippen LogP contribution in [0.4, 0.5) is 11.5 Å². The Bertz CT molecular complexity index is 1110. The fourth-order valence-corrected chi connectivity index (χ4v) is 3.56. The zero-order chi connectivity index (χ0) is 18.6. The first-order chi connectivity index (χ1) is 13.2. The lowest BCUT2D eigenvalue weighted by Crippen LogP contribution is -2.13. The average molecular weight is 376 g/mol. The summed E-state index contributed by atoms with van der Waals surface area (Å²) in [7, 11) is 0. The topological polar surface area (TPSA) is 110 Å². The van der Waals surface area contributed by atoms with Crippen molar-refractivity contribution in [3.05, 3.63) is 72.2 Å². The number of aromatic amines is 1. The average Bonchev–Trinajstić information content (AvgIpc) is 3.14. The largest absolute Gasteiger partial charge is 0.384 e. The number of nitrogens with zero attached hydrogens (tertiary/aromatic N) is 3. The van der Waals surface area contributed by atoms with E-state index in [0.717, 1.165) is 16.5 Å². The maximum Gasteiger partial charge on any atom is 0.258 e. The number of carbonyl (C=O) groups is 1. The fourth-order valence-electron chi connectivity index (χ4n) is 2.63. The Morgan fingerprint density at radius 2 is 2.07 bits per heavy atom. The van der Waals surface area contributed by atoms with Crippen molar-refractivity contribution in [1.82, 2.24) is 20.2 Å². The molecule has 134 valence electrons. The zero-order valence-corrected chi connectivity index (χ0v) is 15.0. The van der Waals surface area contributed by atoms with Gasteiger partial charge in [-0.05, 0) is 48.0 Å². The molecule has 0 saturated carbocycles. The predicted molar refractivity (Wildman–Crippen MR) is 106 cm³/mol. The molecular weight excluding hydrogens is 360 g/mol. The molecule has 4 aromatic rings. The van der Waals surface area contributed by atoms with Crippen LogP contribution in [0.15, 0.2) is 66.1 Å². The number of aromatic nitrogens is 4. The highest BCUT2D eigenvalue weighted by Gasteiger charge is 2.13. The van der Waals surface area contributed by atoms with Crippen molar-refractivity contribution in [1.29, 1.82) is 0 Å². The van der Waals surface area contributed by atoms with E-state index in [1.165, 1.54) is 11.8 Å². The third-order valence-electron chi connectivity index (χ3n) is 3.94. The first-order valence-corrected chi connectivity index (χ1v) is 9.20. The second-order valence-electron chi connectivity index (χ2n) is 5.86. The number of amides is 1. The molecule has 4 rings (SSSR count). The molecular formula is C19H16N6OS. The number of hydrogen-bond acceptors (Lipinski definition) is 6. The van der Waals surface area contributed by atoms with Crippen molar-refractivity contribution in [2.24, 2.45) is 0 Å². The molecule has 0 bridgehead atoms. The normalized spacial score (nSPS) is 10.8. The van der Waals surface area contributed by atoms with Gasteiger partial charge in [-0.15, -0.1) is 11.8 Å². The first-order valence-electron chi connectivity index (χ1n) is 8.22. The Morgan fingerprint density at radius 1 is 1.15 bits per heavy atom. The van der Waals surface area contributed by atoms with Crippen LogP contribution in [0.1, 0.15) is 15.9 Å². The quantitative estimate of drug-likeness (QED) is 0.460. The minimum absolute atomic E-state index is 0.210. The summed E-state index contributed by atoms with van der Waals surface area (Å²) < 4.78 is 0. The molecule has 3 aromatic heterocycles. The van der Waals surface area contributed by atoms with E-state index in [9.17, 15) is 4.79 Å².